The first-order chi connectivity index (χ1) is 8.30. The number of carbonyl (C=O) groups is 1. The number of hydrogen-bond acceptors (Lipinski definition) is 2. The molecule has 100 valence electrons. The number of Topliss-reactive ketones (excluding diaryl/α,β-unsaturated/α-hetero) is 1. The van der Waals surface area contributed by atoms with Crippen LogP contribution in [0, 0.1) is 11.3 Å². The van der Waals surface area contributed by atoms with Gasteiger partial charge in [0.05, 0.1) is 0 Å². The quantitative estimate of drug-likeness (QED) is 0.797. The van der Waals surface area contributed by atoms with E-state index in [1.165, 1.54) is 5.56 Å². The van der Waals surface area contributed by atoms with Crippen molar-refractivity contribution >= 4 is 5.78 Å². The highest BCUT2D eigenvalue weighted by Gasteiger charge is 2.29. The summed E-state index contributed by atoms with van der Waals surface area (Å²) in [7, 11) is 4.04. The normalized spacial score (nSPS) is 13.7. The van der Waals surface area contributed by atoms with E-state index >= 15 is 0 Å². The Hall–Kier alpha value is -1.15. The highest BCUT2D eigenvalue weighted by atomic mass is 16.1. The molecule has 1 aromatic carbocycles. The number of rotatable bonds is 5. The third kappa shape index (κ3) is 4.61. The molecule has 0 fully saturated rings. The van der Waals surface area contributed by atoms with Crippen molar-refractivity contribution in [1.29, 1.82) is 0 Å². The fraction of sp³-hybridized carbons (Fsp3) is 0.562. The summed E-state index contributed by atoms with van der Waals surface area (Å²) in [4.78, 5) is 14.6. The van der Waals surface area contributed by atoms with Crippen LogP contribution in [-0.2, 0) is 11.2 Å². The Morgan fingerprint density at radius 3 is 2.17 bits per heavy atom. The molecule has 0 aliphatic heterocycles. The van der Waals surface area contributed by atoms with Crippen LogP contribution in [0.2, 0.25) is 0 Å². The van der Waals surface area contributed by atoms with Gasteiger partial charge in [0.2, 0.25) is 0 Å². The Bertz CT molecular complexity index is 376. The zero-order chi connectivity index (χ0) is 13.8. The Labute approximate surface area is 111 Å². The molecule has 0 aliphatic carbocycles. The Balaban J connectivity index is 2.83. The first kappa shape index (κ1) is 14.9. The average molecular weight is 247 g/mol. The minimum atomic E-state index is -0.268. The van der Waals surface area contributed by atoms with Crippen LogP contribution in [0.25, 0.3) is 0 Å². The Morgan fingerprint density at radius 1 is 1.17 bits per heavy atom. The van der Waals surface area contributed by atoms with Crippen LogP contribution in [0.4, 0.5) is 0 Å². The van der Waals surface area contributed by atoms with E-state index in [0.29, 0.717) is 5.78 Å². The van der Waals surface area contributed by atoms with E-state index < -0.39 is 0 Å². The monoisotopic (exact) mass is 247 g/mol. The van der Waals surface area contributed by atoms with Crippen molar-refractivity contribution in [2.75, 3.05) is 20.6 Å². The molecule has 0 radical (unpaired) electrons. The molecule has 1 unspecified atom stereocenters. The molecule has 1 atom stereocenters. The lowest BCUT2D eigenvalue weighted by Gasteiger charge is -2.27. The first-order valence-electron chi connectivity index (χ1n) is 6.53. The maximum Gasteiger partial charge on any atom is 0.142 e. The summed E-state index contributed by atoms with van der Waals surface area (Å²) < 4.78 is 0. The van der Waals surface area contributed by atoms with Crippen molar-refractivity contribution in [3.63, 3.8) is 0 Å². The van der Waals surface area contributed by atoms with Crippen molar-refractivity contribution < 1.29 is 4.79 Å². The molecule has 1 rings (SSSR count). The van der Waals surface area contributed by atoms with Gasteiger partial charge in [0, 0.05) is 17.9 Å². The van der Waals surface area contributed by atoms with Gasteiger partial charge in [-0.15, -0.1) is 0 Å². The van der Waals surface area contributed by atoms with Crippen molar-refractivity contribution in [1.82, 2.24) is 4.90 Å². The van der Waals surface area contributed by atoms with Crippen LogP contribution in [0.1, 0.15) is 26.3 Å². The lowest BCUT2D eigenvalue weighted by atomic mass is 9.80. The predicted octanol–water partition coefficient (Wildman–Crippen LogP) is 3.02. The van der Waals surface area contributed by atoms with Crippen LogP contribution >= 0.6 is 0 Å². The van der Waals surface area contributed by atoms with Crippen LogP contribution in [0.3, 0.4) is 0 Å². The largest absolute Gasteiger partial charge is 0.309 e. The average Bonchev–Trinajstić information content (AvgIpc) is 2.26. The lowest BCUT2D eigenvalue weighted by molar-refractivity contribution is -0.130. The van der Waals surface area contributed by atoms with Gasteiger partial charge in [0.1, 0.15) is 5.78 Å². The van der Waals surface area contributed by atoms with Crippen LogP contribution < -0.4 is 0 Å². The molecule has 0 spiro atoms. The Kier molecular flexibility index (Phi) is 5.09. The van der Waals surface area contributed by atoms with Crippen LogP contribution in [0.15, 0.2) is 30.3 Å². The molecule has 0 saturated carbocycles. The first-order valence-corrected chi connectivity index (χ1v) is 6.53. The van der Waals surface area contributed by atoms with Crippen molar-refractivity contribution in [2.45, 2.75) is 27.2 Å². The molecule has 0 aliphatic rings. The number of benzene rings is 1. The zero-order valence-corrected chi connectivity index (χ0v) is 12.2. The molecule has 1 aromatic rings. The van der Waals surface area contributed by atoms with E-state index in [9.17, 15) is 4.79 Å². The minimum absolute atomic E-state index is 0.0717. The molecule has 0 bridgehead atoms. The summed E-state index contributed by atoms with van der Waals surface area (Å²) in [5.74, 6) is 0.419. The van der Waals surface area contributed by atoms with Gasteiger partial charge in [-0.2, -0.15) is 0 Å². The second-order valence-corrected chi connectivity index (χ2v) is 6.26. The van der Waals surface area contributed by atoms with E-state index in [1.54, 1.807) is 0 Å². The smallest absolute Gasteiger partial charge is 0.142 e. The number of carbonyl (C=O) groups excluding carboxylic acids is 1. The van der Waals surface area contributed by atoms with Crippen LogP contribution in [-0.4, -0.2) is 31.3 Å². The summed E-state index contributed by atoms with van der Waals surface area (Å²) in [5, 5.41) is 0. The zero-order valence-electron chi connectivity index (χ0n) is 12.2. The van der Waals surface area contributed by atoms with Gasteiger partial charge in [-0.1, -0.05) is 51.1 Å². The third-order valence-electron chi connectivity index (χ3n) is 3.02. The van der Waals surface area contributed by atoms with Gasteiger partial charge in [0.15, 0.2) is 0 Å². The van der Waals surface area contributed by atoms with E-state index in [1.807, 2.05) is 53.1 Å². The summed E-state index contributed by atoms with van der Waals surface area (Å²) >= 11 is 0. The fourth-order valence-corrected chi connectivity index (χ4v) is 2.19. The Morgan fingerprint density at radius 2 is 1.72 bits per heavy atom. The number of hydrogen-bond donors (Lipinski definition) is 0. The van der Waals surface area contributed by atoms with Crippen molar-refractivity contribution in [3.8, 4) is 0 Å². The minimum Gasteiger partial charge on any atom is -0.309 e. The van der Waals surface area contributed by atoms with Gasteiger partial charge in [-0.3, -0.25) is 4.79 Å². The number of ketones is 1. The van der Waals surface area contributed by atoms with E-state index in [2.05, 4.69) is 17.0 Å². The van der Waals surface area contributed by atoms with E-state index in [4.69, 9.17) is 0 Å². The molecule has 2 nitrogen and oxygen atoms in total. The highest BCUT2D eigenvalue weighted by molar-refractivity contribution is 5.86. The topological polar surface area (TPSA) is 20.3 Å². The molecule has 0 aromatic heterocycles. The molecular weight excluding hydrogens is 222 g/mol. The second-order valence-electron chi connectivity index (χ2n) is 6.26. The summed E-state index contributed by atoms with van der Waals surface area (Å²) in [6.45, 7) is 6.82. The molecule has 0 amide bonds. The number of nitrogens with zero attached hydrogens (tertiary/aromatic N) is 1. The van der Waals surface area contributed by atoms with Gasteiger partial charge >= 0.3 is 0 Å². The molecule has 0 N–H and O–H groups in total. The highest BCUT2D eigenvalue weighted by Crippen LogP contribution is 2.23. The molecule has 0 heterocycles. The second kappa shape index (κ2) is 6.14. The molecular formula is C16H25NO. The predicted molar refractivity (Wildman–Crippen MR) is 76.7 cm³/mol. The standard InChI is InChI=1S/C16H25NO/c1-16(2,3)15(18)14(12-17(4)5)11-13-9-7-6-8-10-13/h6-10,14H,11-12H2,1-5H3. The maximum absolute atomic E-state index is 12.5. The maximum atomic E-state index is 12.5. The summed E-state index contributed by atoms with van der Waals surface area (Å²) in [5.41, 5.74) is 0.970. The fourth-order valence-electron chi connectivity index (χ4n) is 2.19. The summed E-state index contributed by atoms with van der Waals surface area (Å²) in [6.07, 6.45) is 0.828. The molecule has 2 heteroatoms. The van der Waals surface area contributed by atoms with Gasteiger partial charge in [0.25, 0.3) is 0 Å². The van der Waals surface area contributed by atoms with Crippen molar-refractivity contribution in [3.05, 3.63) is 35.9 Å². The van der Waals surface area contributed by atoms with E-state index in [0.717, 1.165) is 13.0 Å². The molecule has 18 heavy (non-hydrogen) atoms. The lowest BCUT2D eigenvalue weighted by Crippen LogP contribution is -2.36. The molecule has 0 saturated heterocycles. The summed E-state index contributed by atoms with van der Waals surface area (Å²) in [6, 6.07) is 10.3. The van der Waals surface area contributed by atoms with Gasteiger partial charge in [-0.25, -0.2) is 0 Å². The van der Waals surface area contributed by atoms with Crippen molar-refractivity contribution in [2.24, 2.45) is 11.3 Å². The van der Waals surface area contributed by atoms with Gasteiger partial charge < -0.3 is 4.90 Å². The third-order valence-corrected chi connectivity index (χ3v) is 3.02. The van der Waals surface area contributed by atoms with Crippen LogP contribution in [0.5, 0.6) is 0 Å². The van der Waals surface area contributed by atoms with Gasteiger partial charge in [-0.05, 0) is 26.1 Å². The van der Waals surface area contributed by atoms with E-state index in [-0.39, 0.29) is 11.3 Å². The SMILES string of the molecule is CN(C)CC(Cc1ccccc1)C(=O)C(C)(C)C.